The number of piperidine rings is 1. The molecule has 1 spiro atoms. The van der Waals surface area contributed by atoms with Crippen LogP contribution in [0.1, 0.15) is 18.5 Å². The molecule has 0 amide bonds. The Balaban J connectivity index is 1.31. The van der Waals surface area contributed by atoms with Crippen molar-refractivity contribution in [3.63, 3.8) is 0 Å². The van der Waals surface area contributed by atoms with Gasteiger partial charge in [0.15, 0.2) is 0 Å². The van der Waals surface area contributed by atoms with Crippen molar-refractivity contribution >= 4 is 11.7 Å². The van der Waals surface area contributed by atoms with Crippen LogP contribution in [-0.2, 0) is 0 Å². The Kier molecular flexibility index (Phi) is 4.92. The Hall–Kier alpha value is -3.29. The van der Waals surface area contributed by atoms with E-state index in [1.165, 1.54) is 12.1 Å². The summed E-state index contributed by atoms with van der Waals surface area (Å²) in [6.07, 6.45) is 4.22. The second-order valence-electron chi connectivity index (χ2n) is 8.54. The van der Waals surface area contributed by atoms with E-state index in [1.54, 1.807) is 14.2 Å². The fourth-order valence-corrected chi connectivity index (χ4v) is 4.70. The van der Waals surface area contributed by atoms with Gasteiger partial charge in [-0.2, -0.15) is 4.98 Å². The van der Waals surface area contributed by atoms with Gasteiger partial charge in [-0.05, 0) is 44.0 Å². The first-order valence-electron chi connectivity index (χ1n) is 10.6. The summed E-state index contributed by atoms with van der Waals surface area (Å²) >= 11 is 0. The van der Waals surface area contributed by atoms with Gasteiger partial charge in [0.05, 0.1) is 14.2 Å². The normalized spacial score (nSPS) is 17.5. The van der Waals surface area contributed by atoms with E-state index in [1.807, 2.05) is 31.3 Å². The van der Waals surface area contributed by atoms with E-state index in [9.17, 15) is 0 Å². The van der Waals surface area contributed by atoms with Gasteiger partial charge in [-0.15, -0.1) is 0 Å². The van der Waals surface area contributed by atoms with E-state index in [0.29, 0.717) is 23.3 Å². The maximum absolute atomic E-state index is 5.66. The predicted molar refractivity (Wildman–Crippen MR) is 118 cm³/mol. The SMILES string of the molecule is COc1cc(OC)cc(-c2noc(N3CCCC4(CN(c5ccnc(C)c5)C4)C3)n2)c1. The predicted octanol–water partition coefficient (Wildman–Crippen LogP) is 3.56. The highest BCUT2D eigenvalue weighted by Crippen LogP contribution is 2.42. The molecule has 2 aromatic heterocycles. The molecule has 5 rings (SSSR count). The minimum Gasteiger partial charge on any atom is -0.497 e. The van der Waals surface area contributed by atoms with E-state index in [-0.39, 0.29) is 5.41 Å². The Morgan fingerprint density at radius 3 is 2.45 bits per heavy atom. The molecule has 0 bridgehead atoms. The van der Waals surface area contributed by atoms with Crippen LogP contribution < -0.4 is 19.3 Å². The van der Waals surface area contributed by atoms with Crippen LogP contribution in [0.15, 0.2) is 41.1 Å². The lowest BCUT2D eigenvalue weighted by atomic mass is 9.73. The Labute approximate surface area is 181 Å². The lowest BCUT2D eigenvalue weighted by Gasteiger charge is -2.55. The summed E-state index contributed by atoms with van der Waals surface area (Å²) in [6, 6.07) is 10.4. The van der Waals surface area contributed by atoms with Crippen LogP contribution in [0.2, 0.25) is 0 Å². The first-order chi connectivity index (χ1) is 15.1. The van der Waals surface area contributed by atoms with Gasteiger partial charge in [0, 0.05) is 60.8 Å². The number of rotatable bonds is 5. The van der Waals surface area contributed by atoms with Gasteiger partial charge in [-0.1, -0.05) is 5.16 Å². The van der Waals surface area contributed by atoms with Crippen LogP contribution >= 0.6 is 0 Å². The molecule has 0 saturated carbocycles. The summed E-state index contributed by atoms with van der Waals surface area (Å²) in [7, 11) is 3.26. The quantitative estimate of drug-likeness (QED) is 0.619. The zero-order chi connectivity index (χ0) is 21.4. The number of benzene rings is 1. The number of ether oxygens (including phenoxy) is 2. The third-order valence-electron chi connectivity index (χ3n) is 6.25. The lowest BCUT2D eigenvalue weighted by molar-refractivity contribution is 0.169. The molecule has 3 aromatic rings. The smallest absolute Gasteiger partial charge is 0.324 e. The standard InChI is InChI=1S/C23H27N5O3/c1-16-9-18(5-7-24-16)28-14-23(15-28)6-4-8-27(13-23)22-25-21(26-31-22)17-10-19(29-2)12-20(11-17)30-3/h5,7,9-12H,4,6,8,13-15H2,1-3H3. The second kappa shape index (κ2) is 7.76. The molecule has 2 saturated heterocycles. The van der Waals surface area contributed by atoms with Crippen LogP contribution in [0.25, 0.3) is 11.4 Å². The van der Waals surface area contributed by atoms with Crippen molar-refractivity contribution in [3.05, 3.63) is 42.2 Å². The van der Waals surface area contributed by atoms with E-state index in [2.05, 4.69) is 37.1 Å². The monoisotopic (exact) mass is 421 g/mol. The van der Waals surface area contributed by atoms with E-state index < -0.39 is 0 Å². The molecule has 8 nitrogen and oxygen atoms in total. The molecule has 2 fully saturated rings. The number of anilines is 2. The lowest BCUT2D eigenvalue weighted by Crippen LogP contribution is -2.63. The van der Waals surface area contributed by atoms with Crippen LogP contribution in [-0.4, -0.2) is 55.5 Å². The fourth-order valence-electron chi connectivity index (χ4n) is 4.70. The molecule has 31 heavy (non-hydrogen) atoms. The molecule has 8 heteroatoms. The molecule has 2 aliphatic heterocycles. The molecule has 4 heterocycles. The molecular formula is C23H27N5O3. The third-order valence-corrected chi connectivity index (χ3v) is 6.25. The minimum absolute atomic E-state index is 0.267. The molecule has 162 valence electrons. The highest BCUT2D eigenvalue weighted by molar-refractivity contribution is 5.61. The van der Waals surface area contributed by atoms with Crippen molar-refractivity contribution in [2.45, 2.75) is 19.8 Å². The average Bonchev–Trinajstić information content (AvgIpc) is 3.27. The van der Waals surface area contributed by atoms with Crippen LogP contribution in [0, 0.1) is 12.3 Å². The maximum atomic E-state index is 5.66. The summed E-state index contributed by atoms with van der Waals surface area (Å²) in [4.78, 5) is 13.6. The van der Waals surface area contributed by atoms with Gasteiger partial charge in [-0.3, -0.25) is 4.98 Å². The van der Waals surface area contributed by atoms with Crippen LogP contribution in [0.5, 0.6) is 11.5 Å². The van der Waals surface area contributed by atoms with E-state index >= 15 is 0 Å². The summed E-state index contributed by atoms with van der Waals surface area (Å²) < 4.78 is 16.4. The van der Waals surface area contributed by atoms with Gasteiger partial charge < -0.3 is 23.8 Å². The topological polar surface area (TPSA) is 76.8 Å². The largest absolute Gasteiger partial charge is 0.497 e. The molecule has 0 aliphatic carbocycles. The number of aromatic nitrogens is 3. The van der Waals surface area contributed by atoms with E-state index in [4.69, 9.17) is 14.0 Å². The molecular weight excluding hydrogens is 394 g/mol. The molecule has 2 aliphatic rings. The van der Waals surface area contributed by atoms with Crippen molar-refractivity contribution in [1.29, 1.82) is 0 Å². The molecule has 1 aromatic carbocycles. The van der Waals surface area contributed by atoms with Gasteiger partial charge in [0.2, 0.25) is 5.82 Å². The zero-order valence-corrected chi connectivity index (χ0v) is 18.2. The Bertz CT molecular complexity index is 1050. The van der Waals surface area contributed by atoms with Crippen molar-refractivity contribution < 1.29 is 14.0 Å². The van der Waals surface area contributed by atoms with Crippen molar-refractivity contribution in [3.8, 4) is 22.9 Å². The number of hydrogen-bond acceptors (Lipinski definition) is 8. The van der Waals surface area contributed by atoms with Gasteiger partial charge in [0.25, 0.3) is 0 Å². The maximum Gasteiger partial charge on any atom is 0.324 e. The molecule has 0 radical (unpaired) electrons. The van der Waals surface area contributed by atoms with Crippen LogP contribution in [0.3, 0.4) is 0 Å². The molecule has 0 unspecified atom stereocenters. The first-order valence-corrected chi connectivity index (χ1v) is 10.6. The van der Waals surface area contributed by atoms with Crippen molar-refractivity contribution in [1.82, 2.24) is 15.1 Å². The molecule has 0 atom stereocenters. The van der Waals surface area contributed by atoms with Crippen LogP contribution in [0.4, 0.5) is 11.7 Å². The van der Waals surface area contributed by atoms with Crippen molar-refractivity contribution in [2.75, 3.05) is 50.2 Å². The number of aryl methyl sites for hydroxylation is 1. The Morgan fingerprint density at radius 1 is 1.00 bits per heavy atom. The van der Waals surface area contributed by atoms with Gasteiger partial charge in [-0.25, -0.2) is 0 Å². The highest BCUT2D eigenvalue weighted by Gasteiger charge is 2.46. The highest BCUT2D eigenvalue weighted by atomic mass is 16.5. The average molecular weight is 422 g/mol. The third kappa shape index (κ3) is 3.78. The summed E-state index contributed by atoms with van der Waals surface area (Å²) in [5.41, 5.74) is 3.38. The number of nitrogens with zero attached hydrogens (tertiary/aromatic N) is 5. The van der Waals surface area contributed by atoms with Crippen molar-refractivity contribution in [2.24, 2.45) is 5.41 Å². The van der Waals surface area contributed by atoms with Gasteiger partial charge >= 0.3 is 6.01 Å². The second-order valence-corrected chi connectivity index (χ2v) is 8.54. The number of pyridine rings is 1. The summed E-state index contributed by atoms with van der Waals surface area (Å²) in [5, 5.41) is 4.22. The summed E-state index contributed by atoms with van der Waals surface area (Å²) in [5.74, 6) is 1.92. The first kappa shape index (κ1) is 19.7. The fraction of sp³-hybridized carbons (Fsp3) is 0.435. The van der Waals surface area contributed by atoms with E-state index in [0.717, 1.165) is 43.9 Å². The Morgan fingerprint density at radius 2 is 1.74 bits per heavy atom. The summed E-state index contributed by atoms with van der Waals surface area (Å²) in [6.45, 7) is 5.98. The van der Waals surface area contributed by atoms with Gasteiger partial charge in [0.1, 0.15) is 11.5 Å². The zero-order valence-electron chi connectivity index (χ0n) is 18.2. The minimum atomic E-state index is 0.267. The molecule has 0 N–H and O–H groups in total. The number of methoxy groups -OCH3 is 2. The number of hydrogen-bond donors (Lipinski definition) is 0.